The second-order valence-corrected chi connectivity index (χ2v) is 6.78. The fraction of sp³-hybridized carbons (Fsp3) is 0.538. The van der Waals surface area contributed by atoms with Crippen LogP contribution in [0.25, 0.3) is 0 Å². The first-order valence-electron chi connectivity index (χ1n) is 6.26. The first-order valence-corrected chi connectivity index (χ1v) is 7.70. The van der Waals surface area contributed by atoms with E-state index in [4.69, 9.17) is 5.73 Å². The number of hydrogen-bond acceptors (Lipinski definition) is 3. The molecule has 1 saturated heterocycles. The molecule has 1 fully saturated rings. The van der Waals surface area contributed by atoms with E-state index in [1.165, 1.54) is 0 Å². The summed E-state index contributed by atoms with van der Waals surface area (Å²) in [6, 6.07) is 5.49. The third kappa shape index (κ3) is 2.30. The lowest BCUT2D eigenvalue weighted by Crippen LogP contribution is -2.40. The Hall–Kier alpha value is -0.910. The predicted molar refractivity (Wildman–Crippen MR) is 71.9 cm³/mol. The minimum absolute atomic E-state index is 0.0464. The molecule has 5 heteroatoms. The molecule has 2 N–H and O–H groups in total. The molecule has 100 valence electrons. The van der Waals surface area contributed by atoms with Crippen LogP contribution in [-0.4, -0.2) is 31.9 Å². The summed E-state index contributed by atoms with van der Waals surface area (Å²) in [5, 5.41) is 0. The minimum Gasteiger partial charge on any atom is -0.329 e. The average molecular weight is 268 g/mol. The summed E-state index contributed by atoms with van der Waals surface area (Å²) in [5.41, 5.74) is 7.42. The lowest BCUT2D eigenvalue weighted by Gasteiger charge is -2.23. The SMILES string of the molecule is Cc1ccc(C)c(S(=O)(=O)N2CCCC2CN)c1. The van der Waals surface area contributed by atoms with Crippen LogP contribution >= 0.6 is 0 Å². The molecule has 1 unspecified atom stereocenters. The fourth-order valence-corrected chi connectivity index (χ4v) is 4.49. The minimum atomic E-state index is -3.40. The van der Waals surface area contributed by atoms with Gasteiger partial charge in [0.15, 0.2) is 0 Å². The molecule has 0 aromatic heterocycles. The van der Waals surface area contributed by atoms with Gasteiger partial charge in [-0.15, -0.1) is 0 Å². The largest absolute Gasteiger partial charge is 0.329 e. The van der Waals surface area contributed by atoms with Crippen molar-refractivity contribution in [1.29, 1.82) is 0 Å². The van der Waals surface area contributed by atoms with Crippen molar-refractivity contribution in [3.05, 3.63) is 29.3 Å². The molecule has 0 saturated carbocycles. The highest BCUT2D eigenvalue weighted by Crippen LogP contribution is 2.27. The quantitative estimate of drug-likeness (QED) is 0.901. The van der Waals surface area contributed by atoms with Gasteiger partial charge in [0.1, 0.15) is 0 Å². The van der Waals surface area contributed by atoms with E-state index in [-0.39, 0.29) is 6.04 Å². The van der Waals surface area contributed by atoms with Crippen molar-refractivity contribution in [3.63, 3.8) is 0 Å². The van der Waals surface area contributed by atoms with Gasteiger partial charge in [-0.1, -0.05) is 12.1 Å². The van der Waals surface area contributed by atoms with Crippen LogP contribution in [0, 0.1) is 13.8 Å². The third-order valence-corrected chi connectivity index (χ3v) is 5.62. The van der Waals surface area contributed by atoms with Gasteiger partial charge in [0, 0.05) is 19.1 Å². The van der Waals surface area contributed by atoms with Gasteiger partial charge in [-0.3, -0.25) is 0 Å². The van der Waals surface area contributed by atoms with E-state index in [1.807, 2.05) is 26.0 Å². The fourth-order valence-electron chi connectivity index (χ4n) is 2.47. The summed E-state index contributed by atoms with van der Waals surface area (Å²) in [6.45, 7) is 4.71. The van der Waals surface area contributed by atoms with Gasteiger partial charge in [0.25, 0.3) is 0 Å². The number of hydrogen-bond donors (Lipinski definition) is 1. The van der Waals surface area contributed by atoms with E-state index in [2.05, 4.69) is 0 Å². The van der Waals surface area contributed by atoms with E-state index in [0.29, 0.717) is 18.0 Å². The Bertz CT molecular complexity index is 540. The van der Waals surface area contributed by atoms with Crippen molar-refractivity contribution in [2.24, 2.45) is 5.73 Å². The van der Waals surface area contributed by atoms with Gasteiger partial charge in [-0.2, -0.15) is 4.31 Å². The Kier molecular flexibility index (Phi) is 3.75. The van der Waals surface area contributed by atoms with Gasteiger partial charge < -0.3 is 5.73 Å². The molecule has 1 aromatic rings. The normalized spacial score (nSPS) is 21.4. The Balaban J connectivity index is 2.45. The van der Waals surface area contributed by atoms with Gasteiger partial charge in [0.2, 0.25) is 10.0 Å². The second-order valence-electron chi connectivity index (χ2n) is 4.92. The number of benzene rings is 1. The summed E-state index contributed by atoms with van der Waals surface area (Å²) in [4.78, 5) is 0.419. The first kappa shape index (κ1) is 13.5. The molecule has 1 aliphatic rings. The summed E-state index contributed by atoms with van der Waals surface area (Å²) in [5.74, 6) is 0. The van der Waals surface area contributed by atoms with Crippen molar-refractivity contribution in [3.8, 4) is 0 Å². The maximum atomic E-state index is 12.6. The Morgan fingerprint density at radius 1 is 1.39 bits per heavy atom. The average Bonchev–Trinajstić information content (AvgIpc) is 2.81. The molecule has 1 heterocycles. The summed E-state index contributed by atoms with van der Waals surface area (Å²) >= 11 is 0. The standard InChI is InChI=1S/C13H20N2O2S/c1-10-5-6-11(2)13(8-10)18(16,17)15-7-3-4-12(15)9-14/h5-6,8,12H,3-4,7,9,14H2,1-2H3. The van der Waals surface area contributed by atoms with Crippen LogP contribution in [0.1, 0.15) is 24.0 Å². The zero-order valence-corrected chi connectivity index (χ0v) is 11.7. The molecule has 1 aromatic carbocycles. The summed E-state index contributed by atoms with van der Waals surface area (Å²) in [7, 11) is -3.40. The lowest BCUT2D eigenvalue weighted by molar-refractivity contribution is 0.393. The van der Waals surface area contributed by atoms with Crippen LogP contribution < -0.4 is 5.73 Å². The molecule has 0 aliphatic carbocycles. The third-order valence-electron chi connectivity index (χ3n) is 3.53. The van der Waals surface area contributed by atoms with Gasteiger partial charge >= 0.3 is 0 Å². The number of aryl methyl sites for hydroxylation is 2. The molecular formula is C13H20N2O2S. The van der Waals surface area contributed by atoms with E-state index in [0.717, 1.165) is 24.0 Å². The van der Waals surface area contributed by atoms with Crippen LogP contribution in [0.4, 0.5) is 0 Å². The van der Waals surface area contributed by atoms with Gasteiger partial charge in [-0.25, -0.2) is 8.42 Å². The van der Waals surface area contributed by atoms with Crippen LogP contribution in [0.15, 0.2) is 23.1 Å². The zero-order chi connectivity index (χ0) is 13.3. The highest BCUT2D eigenvalue weighted by Gasteiger charge is 2.35. The molecule has 0 amide bonds. The van der Waals surface area contributed by atoms with Crippen molar-refractivity contribution < 1.29 is 8.42 Å². The predicted octanol–water partition coefficient (Wildman–Crippen LogP) is 1.42. The van der Waals surface area contributed by atoms with Crippen molar-refractivity contribution in [2.75, 3.05) is 13.1 Å². The van der Waals surface area contributed by atoms with E-state index < -0.39 is 10.0 Å². The van der Waals surface area contributed by atoms with Gasteiger partial charge in [0.05, 0.1) is 4.90 Å². The molecule has 0 bridgehead atoms. The van der Waals surface area contributed by atoms with Crippen molar-refractivity contribution >= 4 is 10.0 Å². The zero-order valence-electron chi connectivity index (χ0n) is 10.9. The van der Waals surface area contributed by atoms with Gasteiger partial charge in [-0.05, 0) is 43.9 Å². The van der Waals surface area contributed by atoms with Crippen LogP contribution in [-0.2, 0) is 10.0 Å². The highest BCUT2D eigenvalue weighted by molar-refractivity contribution is 7.89. The Labute approximate surface area is 109 Å². The molecule has 0 spiro atoms. The van der Waals surface area contributed by atoms with E-state index >= 15 is 0 Å². The lowest BCUT2D eigenvalue weighted by atomic mass is 10.2. The number of nitrogens with two attached hydrogens (primary N) is 1. The molecule has 0 radical (unpaired) electrons. The molecular weight excluding hydrogens is 248 g/mol. The molecule has 1 aliphatic heterocycles. The molecule has 2 rings (SSSR count). The molecule has 1 atom stereocenters. The Morgan fingerprint density at radius 3 is 2.78 bits per heavy atom. The number of rotatable bonds is 3. The molecule has 18 heavy (non-hydrogen) atoms. The van der Waals surface area contributed by atoms with Crippen molar-refractivity contribution in [1.82, 2.24) is 4.31 Å². The highest BCUT2D eigenvalue weighted by atomic mass is 32.2. The molecule has 4 nitrogen and oxygen atoms in total. The van der Waals surface area contributed by atoms with E-state index in [9.17, 15) is 8.42 Å². The van der Waals surface area contributed by atoms with E-state index in [1.54, 1.807) is 10.4 Å². The first-order chi connectivity index (χ1) is 8.46. The number of sulfonamides is 1. The van der Waals surface area contributed by atoms with Crippen molar-refractivity contribution in [2.45, 2.75) is 37.6 Å². The smallest absolute Gasteiger partial charge is 0.243 e. The topological polar surface area (TPSA) is 63.4 Å². The maximum absolute atomic E-state index is 12.6. The maximum Gasteiger partial charge on any atom is 0.243 e. The monoisotopic (exact) mass is 268 g/mol. The number of nitrogens with zero attached hydrogens (tertiary/aromatic N) is 1. The Morgan fingerprint density at radius 2 is 2.11 bits per heavy atom. The van der Waals surface area contributed by atoms with Crippen LogP contribution in [0.3, 0.4) is 0 Å². The van der Waals surface area contributed by atoms with Crippen LogP contribution in [0.5, 0.6) is 0 Å². The second kappa shape index (κ2) is 4.99. The summed E-state index contributed by atoms with van der Waals surface area (Å²) in [6.07, 6.45) is 1.76. The van der Waals surface area contributed by atoms with Crippen LogP contribution in [0.2, 0.25) is 0 Å². The summed E-state index contributed by atoms with van der Waals surface area (Å²) < 4.78 is 26.9.